The van der Waals surface area contributed by atoms with E-state index in [1.54, 1.807) is 5.56 Å². The van der Waals surface area contributed by atoms with Crippen molar-refractivity contribution in [2.45, 2.75) is 97.4 Å². The summed E-state index contributed by atoms with van der Waals surface area (Å²) >= 11 is 3.82. The third-order valence-corrected chi connectivity index (χ3v) is 19.5. The van der Waals surface area contributed by atoms with Crippen molar-refractivity contribution in [3.05, 3.63) is 173 Å². The molecule has 0 radical (unpaired) electrons. The molecular weight excluding hydrogens is 874 g/mol. The van der Waals surface area contributed by atoms with E-state index in [4.69, 9.17) is 0 Å². The second kappa shape index (κ2) is 14.4. The van der Waals surface area contributed by atoms with Crippen LogP contribution in [0.15, 0.2) is 146 Å². The highest BCUT2D eigenvalue weighted by molar-refractivity contribution is 7.26. The van der Waals surface area contributed by atoms with Crippen LogP contribution in [0.2, 0.25) is 0 Å². The molecule has 14 rings (SSSR count). The maximum absolute atomic E-state index is 2.80. The molecule has 0 spiro atoms. The lowest BCUT2D eigenvalue weighted by molar-refractivity contribution is 0.194. The zero-order valence-corrected chi connectivity index (χ0v) is 42.6. The molecule has 4 aliphatic rings. The number of benzene rings is 8. The fraction of sp³-hybridized carbons (Fsp3) is 0.238. The summed E-state index contributed by atoms with van der Waals surface area (Å²) in [7, 11) is 0. The monoisotopic (exact) mass is 929 g/mol. The van der Waals surface area contributed by atoms with Gasteiger partial charge in [0, 0.05) is 80.9 Å². The molecule has 2 unspecified atom stereocenters. The third kappa shape index (κ3) is 5.68. The van der Waals surface area contributed by atoms with Crippen LogP contribution in [-0.4, -0.2) is 12.3 Å². The first kappa shape index (κ1) is 41.6. The average molecular weight is 930 g/mol. The Balaban J connectivity index is 1.07. The molecule has 1 saturated carbocycles. The molecule has 69 heavy (non-hydrogen) atoms. The zero-order chi connectivity index (χ0) is 46.9. The first-order valence-corrected chi connectivity index (χ1v) is 26.7. The Morgan fingerprint density at radius 2 is 1.13 bits per heavy atom. The van der Waals surface area contributed by atoms with Crippen LogP contribution in [0.5, 0.6) is 0 Å². The molecule has 10 aromatic rings. The fourth-order valence-corrected chi connectivity index (χ4v) is 16.1. The predicted molar refractivity (Wildman–Crippen MR) is 302 cm³/mol. The number of thiophene rings is 2. The Hall–Kier alpha value is -6.34. The molecule has 0 amide bonds. The topological polar surface area (TPSA) is 9.72 Å². The van der Waals surface area contributed by atoms with E-state index in [1.807, 2.05) is 22.7 Å². The van der Waals surface area contributed by atoms with Gasteiger partial charge in [-0.1, -0.05) is 113 Å². The van der Waals surface area contributed by atoms with E-state index in [1.165, 1.54) is 150 Å². The van der Waals surface area contributed by atoms with Crippen LogP contribution >= 0.6 is 22.7 Å². The maximum atomic E-state index is 2.80. The summed E-state index contributed by atoms with van der Waals surface area (Å²) < 4.78 is 5.31. The summed E-state index contributed by atoms with van der Waals surface area (Å²) in [6.07, 6.45) is 4.89. The molecular formula is C63H56BN3S2. The van der Waals surface area contributed by atoms with Gasteiger partial charge in [0.1, 0.15) is 0 Å². The Morgan fingerprint density at radius 3 is 1.91 bits per heavy atom. The van der Waals surface area contributed by atoms with Crippen molar-refractivity contribution < 1.29 is 0 Å². The zero-order valence-electron chi connectivity index (χ0n) is 40.9. The molecule has 0 N–H and O–H groups in total. The Morgan fingerprint density at radius 1 is 0.507 bits per heavy atom. The standard InChI is InChI=1S/C63H56BN3S2/c1-37-30-39(3)58-52(31-37)67(63(8)29-14-13-28-62(58,63)7)42-23-26-48-51(36-42)66(49-19-15-18-45-43-16-9-12-21-56(43)69-60(45)49)54-33-38(2)32-53-59(54)64(48)47-25-22-40(61(4,5)6)34-50(47)65(53)41-24-27-57-46(35-41)44-17-10-11-20-55(44)68-57/h9-12,15-27,30-36H,13-14,28-29H2,1-8H3. The largest absolute Gasteiger partial charge is 0.334 e. The molecule has 1 aliphatic carbocycles. The normalized spacial score (nSPS) is 19.4. The van der Waals surface area contributed by atoms with E-state index in [0.29, 0.717) is 0 Å². The minimum absolute atomic E-state index is 0.0226. The second-order valence-corrected chi connectivity index (χ2v) is 24.4. The van der Waals surface area contributed by atoms with Gasteiger partial charge in [0.2, 0.25) is 0 Å². The van der Waals surface area contributed by atoms with Gasteiger partial charge in [-0.25, -0.2) is 0 Å². The van der Waals surface area contributed by atoms with Crippen molar-refractivity contribution in [1.29, 1.82) is 0 Å². The Labute approximate surface area is 414 Å². The van der Waals surface area contributed by atoms with Crippen LogP contribution in [0.25, 0.3) is 40.3 Å². The van der Waals surface area contributed by atoms with Crippen LogP contribution in [-0.2, 0) is 10.8 Å². The Kier molecular flexibility index (Phi) is 8.67. The van der Waals surface area contributed by atoms with E-state index in [0.717, 1.165) is 0 Å². The minimum atomic E-state index is -0.0663. The summed E-state index contributed by atoms with van der Waals surface area (Å²) in [5, 5.41) is 5.28. The lowest BCUT2D eigenvalue weighted by Crippen LogP contribution is -2.61. The molecule has 3 aliphatic heterocycles. The van der Waals surface area contributed by atoms with E-state index in [2.05, 4.69) is 216 Å². The first-order chi connectivity index (χ1) is 33.3. The van der Waals surface area contributed by atoms with Gasteiger partial charge >= 0.3 is 0 Å². The number of aryl methyl sites for hydroxylation is 3. The SMILES string of the molecule is Cc1cc2c3c(c1)N(c1cccc4c1sc1ccccc14)c1cc(N4c5cc(C)cc(C)c5C5(C)CCCCC45C)ccc1B3c1ccc(C(C)(C)C)cc1N2c1ccc2sc3ccccc3c2c1. The second-order valence-electron chi connectivity index (χ2n) is 22.2. The highest BCUT2D eigenvalue weighted by Crippen LogP contribution is 2.62. The van der Waals surface area contributed by atoms with Gasteiger partial charge in [-0.3, -0.25) is 0 Å². The van der Waals surface area contributed by atoms with Crippen LogP contribution < -0.4 is 31.1 Å². The molecule has 0 saturated heterocycles. The number of nitrogens with zero attached hydrogens (tertiary/aromatic N) is 3. The van der Waals surface area contributed by atoms with E-state index < -0.39 is 0 Å². The molecule has 1 fully saturated rings. The number of rotatable bonds is 3. The van der Waals surface area contributed by atoms with Gasteiger partial charge in [0.05, 0.1) is 15.9 Å². The maximum Gasteiger partial charge on any atom is 0.252 e. The lowest BCUT2D eigenvalue weighted by atomic mass is 9.33. The number of hydrogen-bond acceptors (Lipinski definition) is 5. The first-order valence-electron chi connectivity index (χ1n) is 25.1. The van der Waals surface area contributed by atoms with E-state index in [9.17, 15) is 0 Å². The smallest absolute Gasteiger partial charge is 0.252 e. The molecule has 0 bridgehead atoms. The molecule has 8 aromatic carbocycles. The van der Waals surface area contributed by atoms with Crippen LogP contribution in [0.1, 0.15) is 88.1 Å². The van der Waals surface area contributed by atoms with Gasteiger partial charge < -0.3 is 14.7 Å². The van der Waals surface area contributed by atoms with Crippen molar-refractivity contribution in [2.24, 2.45) is 0 Å². The third-order valence-electron chi connectivity index (χ3n) is 17.1. The predicted octanol–water partition coefficient (Wildman–Crippen LogP) is 16.5. The quantitative estimate of drug-likeness (QED) is 0.164. The van der Waals surface area contributed by atoms with E-state index >= 15 is 0 Å². The minimum Gasteiger partial charge on any atom is -0.334 e. The average Bonchev–Trinajstić information content (AvgIpc) is 3.96. The molecule has 6 heteroatoms. The highest BCUT2D eigenvalue weighted by atomic mass is 32.1. The van der Waals surface area contributed by atoms with Gasteiger partial charge in [-0.2, -0.15) is 0 Å². The van der Waals surface area contributed by atoms with Crippen molar-refractivity contribution >= 4 is 132 Å². The summed E-state index contributed by atoms with van der Waals surface area (Å²) in [5.74, 6) is 0. The summed E-state index contributed by atoms with van der Waals surface area (Å²) in [5.41, 5.74) is 21.2. The van der Waals surface area contributed by atoms with Crippen LogP contribution in [0.4, 0.5) is 45.5 Å². The van der Waals surface area contributed by atoms with Crippen LogP contribution in [0.3, 0.4) is 0 Å². The van der Waals surface area contributed by atoms with Gasteiger partial charge in [-0.15, -0.1) is 22.7 Å². The van der Waals surface area contributed by atoms with Gasteiger partial charge in [-0.05, 0) is 163 Å². The molecule has 338 valence electrons. The molecule has 2 atom stereocenters. The molecule has 3 nitrogen and oxygen atoms in total. The number of hydrogen-bond donors (Lipinski definition) is 0. The number of anilines is 8. The number of fused-ring (bicyclic) bond motifs is 13. The van der Waals surface area contributed by atoms with Crippen molar-refractivity contribution in [2.75, 3.05) is 14.7 Å². The Bertz CT molecular complexity index is 3850. The summed E-state index contributed by atoms with van der Waals surface area (Å²) in [4.78, 5) is 8.10. The van der Waals surface area contributed by atoms with Gasteiger partial charge in [0.25, 0.3) is 6.71 Å². The van der Waals surface area contributed by atoms with Crippen LogP contribution in [0, 0.1) is 20.8 Å². The molecule has 5 heterocycles. The van der Waals surface area contributed by atoms with E-state index in [-0.39, 0.29) is 23.1 Å². The van der Waals surface area contributed by atoms with Crippen molar-refractivity contribution in [1.82, 2.24) is 0 Å². The van der Waals surface area contributed by atoms with Gasteiger partial charge in [0.15, 0.2) is 0 Å². The summed E-state index contributed by atoms with van der Waals surface area (Å²) in [6.45, 7) is 19.2. The fourth-order valence-electron chi connectivity index (χ4n) is 13.8. The molecule has 2 aromatic heterocycles. The highest BCUT2D eigenvalue weighted by Gasteiger charge is 2.58. The van der Waals surface area contributed by atoms with Crippen molar-refractivity contribution in [3.63, 3.8) is 0 Å². The summed E-state index contributed by atoms with van der Waals surface area (Å²) in [6, 6.07) is 57.0. The van der Waals surface area contributed by atoms with Crippen molar-refractivity contribution in [3.8, 4) is 0 Å². The lowest BCUT2D eigenvalue weighted by Gasteiger charge is -2.51.